The summed E-state index contributed by atoms with van der Waals surface area (Å²) in [6.07, 6.45) is 0. The number of benzene rings is 10. The molecule has 5 aliphatic rings. The molecule has 137 heavy (non-hydrogen) atoms. The number of aryl methyl sites for hydroxylation is 14. The molecule has 0 bridgehead atoms. The Kier molecular flexibility index (Phi) is 19.6. The lowest BCUT2D eigenvalue weighted by Crippen LogP contribution is -2.52. The molecule has 15 aromatic rings. The molecule has 0 amide bonds. The maximum absolute atomic E-state index is 9.85. The van der Waals surface area contributed by atoms with Crippen LogP contribution in [0.5, 0.6) is 0 Å². The van der Waals surface area contributed by atoms with Crippen molar-refractivity contribution in [2.45, 2.75) is 182 Å². The van der Waals surface area contributed by atoms with E-state index in [9.17, 15) is 26.3 Å². The molecule has 0 N–H and O–H groups in total. The lowest BCUT2D eigenvalue weighted by Gasteiger charge is -2.23. The molecule has 10 heterocycles. The zero-order valence-electron chi connectivity index (χ0n) is 102. The van der Waals surface area contributed by atoms with Crippen LogP contribution >= 0.6 is 0 Å². The summed E-state index contributed by atoms with van der Waals surface area (Å²) in [6.45, 7) is 28.1. The van der Waals surface area contributed by atoms with Crippen molar-refractivity contribution in [3.05, 3.63) is 324 Å². The molecule has 0 atom stereocenters. The SMILES string of the molecule is [2H]C([2H])([2H])C([2H])(c1cc(C)[n+](C)c(-c2c(C)ccc3c2[Si](C)(C)c2c(C#N)cccc2-3)c1)C([2H])([2H])[2H].[2H]C([2H])([2H])c1cc(C)[n+](C)c(-c2c(C)ccc3c2[Si](C)(C)c2c(C#N)cccc2-3)c1.[2H]C([2H])([2H])c1cc(C)[n+](C)c(-c2c(C)ccc3c2[Si](C)(C)c2cc(C#N)ccc2-3)c1.[2H]C([2H])([2H])c1cc(C)[n+](C)c(-c2c(C)ccc3c2[Si](C)(C)c2ccc(C#N)cc2-3)c1.[2H]C([2H])([2H])c1cc(C)[n+](C)c(-c2c(C)ccc3c2[Si](C)(C)c2cccc(C#N)c2-3)c1. The summed E-state index contributed by atoms with van der Waals surface area (Å²) in [4.78, 5) is 0. The van der Waals surface area contributed by atoms with Gasteiger partial charge in [0.25, 0.3) is 0 Å². The van der Waals surface area contributed by atoms with Crippen molar-refractivity contribution in [1.29, 1.82) is 26.3 Å². The predicted octanol–water partition coefficient (Wildman–Crippen LogP) is 19.7. The van der Waals surface area contributed by atoms with Crippen molar-refractivity contribution in [2.75, 3.05) is 0 Å². The van der Waals surface area contributed by atoms with E-state index in [2.05, 4.69) is 221 Å². The molecular formula is C122H129N10Si5+5. The van der Waals surface area contributed by atoms with E-state index in [-0.39, 0.29) is 5.56 Å². The highest BCUT2D eigenvalue weighted by Gasteiger charge is 2.49. The molecule has 682 valence electrons. The highest BCUT2D eigenvalue weighted by molar-refractivity contribution is 7.07. The first kappa shape index (κ1) is 74.7. The number of aromatic nitrogens is 5. The van der Waals surface area contributed by atoms with Crippen LogP contribution in [0.2, 0.25) is 65.5 Å². The Morgan fingerprint density at radius 2 is 0.555 bits per heavy atom. The van der Waals surface area contributed by atoms with Crippen molar-refractivity contribution in [3.8, 4) is 142 Å². The standard InChI is InChI=1S/C26H29N2Si.4C24H25N2Si/c1-16(2)20-13-18(4)28(5)23(14-20)24-17(3)11-12-22-21-10-8-9-19(15-27)25(21)29(6,7)26(22)24;1-15-11-17(3)26(4)21(12-15)23-16(2)7-9-20-19-10-8-18(14-25)13-22(19)27(5,6)24(20)23;1-15-11-17(3)26(4)21(12-15)23-16(2)7-9-19-20-13-18(14-25)8-10-22(20)27(5,6)24(19)23;1-15-12-17(3)26(4)20(13-15)22-16(2)10-11-19-23-18(14-25)8-7-9-21(23)27(5,6)24(19)22;1-15-12-17(3)26(4)21(13-15)22-16(2)10-11-20-19-9-7-8-18(14-25)23(19)27(5,6)24(20)22/h8-14,16H,1-7H3;4*7-13H,1-6H3/q5*+1/i1D3,2D3,16D;4*1D3. The Balaban J connectivity index is 0.000000138. The first-order valence-electron chi connectivity index (χ1n) is 55.9. The van der Waals surface area contributed by atoms with Gasteiger partial charge in [-0.05, 0) is 274 Å². The Bertz CT molecular complexity index is 8760. The fourth-order valence-corrected chi connectivity index (χ4v) is 40.9. The maximum Gasteiger partial charge on any atom is 0.212 e. The van der Waals surface area contributed by atoms with Crippen molar-refractivity contribution in [2.24, 2.45) is 35.2 Å². The third kappa shape index (κ3) is 16.0. The van der Waals surface area contributed by atoms with Gasteiger partial charge in [-0.1, -0.05) is 188 Å². The van der Waals surface area contributed by atoms with E-state index in [4.69, 9.17) is 26.0 Å². The lowest BCUT2D eigenvalue weighted by molar-refractivity contribution is -0.666. The van der Waals surface area contributed by atoms with Crippen LogP contribution in [-0.4, -0.2) is 40.4 Å². The predicted molar refractivity (Wildman–Crippen MR) is 580 cm³/mol. The Morgan fingerprint density at radius 3 is 0.934 bits per heavy atom. The molecule has 0 saturated heterocycles. The molecule has 10 nitrogen and oxygen atoms in total. The van der Waals surface area contributed by atoms with E-state index in [1.54, 1.807) is 37.3 Å². The van der Waals surface area contributed by atoms with Gasteiger partial charge in [0.15, 0.2) is 28.5 Å². The van der Waals surface area contributed by atoms with Crippen LogP contribution in [0.3, 0.4) is 0 Å². The third-order valence-corrected chi connectivity index (χ3v) is 47.8. The molecule has 0 fully saturated rings. The zero-order valence-corrected chi connectivity index (χ0v) is 88.2. The first-order chi connectivity index (χ1) is 72.4. The van der Waals surface area contributed by atoms with Crippen molar-refractivity contribution < 1.29 is 48.9 Å². The molecule has 0 unspecified atom stereocenters. The highest BCUT2D eigenvalue weighted by Crippen LogP contribution is 2.43. The minimum absolute atomic E-state index is 0.0576. The van der Waals surface area contributed by atoms with Gasteiger partial charge in [0, 0.05) is 149 Å². The van der Waals surface area contributed by atoms with Crippen molar-refractivity contribution in [3.63, 3.8) is 0 Å². The maximum atomic E-state index is 9.85. The van der Waals surface area contributed by atoms with E-state index in [1.165, 1.54) is 69.8 Å². The average Bonchev–Trinajstić information content (AvgIpc) is 1.57. The van der Waals surface area contributed by atoms with Crippen LogP contribution in [0, 0.1) is 153 Å². The minimum atomic E-state index is -3.07. The van der Waals surface area contributed by atoms with Gasteiger partial charge in [-0.25, -0.2) is 0 Å². The normalized spacial score (nSPS) is 16.5. The van der Waals surface area contributed by atoms with Crippen LogP contribution in [0.4, 0.5) is 0 Å². The fraction of sp³-hybridized carbons (Fsp3) is 0.262. The van der Waals surface area contributed by atoms with Gasteiger partial charge in [-0.15, -0.1) is 0 Å². The molecule has 10 aromatic carbocycles. The van der Waals surface area contributed by atoms with Gasteiger partial charge in [-0.3, -0.25) is 0 Å². The van der Waals surface area contributed by atoms with Crippen LogP contribution in [0.1, 0.15) is 158 Å². The van der Waals surface area contributed by atoms with Crippen molar-refractivity contribution >= 4 is 92.2 Å². The zero-order chi connectivity index (χ0) is 115. The topological polar surface area (TPSA) is 138 Å². The monoisotopic (exact) mass is 1890 g/mol. The van der Waals surface area contributed by atoms with Crippen LogP contribution in [0.15, 0.2) is 212 Å². The summed E-state index contributed by atoms with van der Waals surface area (Å²) in [5.41, 5.74) is 35.7. The molecule has 5 aromatic heterocycles. The molecule has 20 rings (SSSR count). The number of fused-ring (bicyclic) bond motifs is 15. The van der Waals surface area contributed by atoms with E-state index in [0.717, 1.165) is 151 Å². The molecule has 5 aliphatic heterocycles. The second-order valence-electron chi connectivity index (χ2n) is 40.3. The van der Waals surface area contributed by atoms with Gasteiger partial charge >= 0.3 is 0 Å². The van der Waals surface area contributed by atoms with E-state index >= 15 is 0 Å². The van der Waals surface area contributed by atoms with E-state index in [1.807, 2.05) is 171 Å². The third-order valence-electron chi connectivity index (χ3n) is 30.0. The Morgan fingerprint density at radius 1 is 0.255 bits per heavy atom. The molecule has 0 radical (unpaired) electrons. The number of nitrogens with zero attached hydrogens (tertiary/aromatic N) is 10. The highest BCUT2D eigenvalue weighted by atomic mass is 28.3. The molecule has 15 heteroatoms. The van der Waals surface area contributed by atoms with Gasteiger partial charge < -0.3 is 0 Å². The second-order valence-corrected chi connectivity index (χ2v) is 61.7. The average molecular weight is 1890 g/mol. The van der Waals surface area contributed by atoms with Gasteiger partial charge in [0.05, 0.1) is 58.2 Å². The van der Waals surface area contributed by atoms with Crippen LogP contribution in [0.25, 0.3) is 112 Å². The first-order valence-corrected chi connectivity index (χ1v) is 61.4. The molecule has 0 saturated carbocycles. The number of hydrogen-bond donors (Lipinski definition) is 0. The number of pyridine rings is 5. The van der Waals surface area contributed by atoms with E-state index in [0.29, 0.717) is 55.9 Å². The fourth-order valence-electron chi connectivity index (χ4n) is 22.8. The Labute approximate surface area is 845 Å². The van der Waals surface area contributed by atoms with Crippen LogP contribution < -0.4 is 74.7 Å². The second kappa shape index (κ2) is 35.9. The van der Waals surface area contributed by atoms with Gasteiger partial charge in [0.1, 0.15) is 75.6 Å². The number of nitriles is 5. The lowest BCUT2D eigenvalue weighted by atomic mass is 9.94. The largest absolute Gasteiger partial charge is 0.212 e. The molecule has 0 spiro atoms. The van der Waals surface area contributed by atoms with E-state index < -0.39 is 87.4 Å². The molecule has 0 aliphatic carbocycles. The smallest absolute Gasteiger partial charge is 0.199 e. The summed E-state index contributed by atoms with van der Waals surface area (Å²) < 4.78 is 162. The number of rotatable bonds is 6. The summed E-state index contributed by atoms with van der Waals surface area (Å²) in [6, 6.07) is 80.0. The quantitative estimate of drug-likeness (QED) is 0.121. The van der Waals surface area contributed by atoms with Gasteiger partial charge in [0.2, 0.25) is 28.5 Å². The number of hydrogen-bond acceptors (Lipinski definition) is 5. The summed E-state index contributed by atoms with van der Waals surface area (Å²) in [5.74, 6) is -2.79. The molecular weight excluding hydrogens is 1750 g/mol. The van der Waals surface area contributed by atoms with Crippen LogP contribution in [-0.2, 0) is 35.2 Å². The summed E-state index contributed by atoms with van der Waals surface area (Å²) in [7, 11) is -0.972. The Hall–Kier alpha value is -13.5. The van der Waals surface area contributed by atoms with Gasteiger partial charge in [-0.2, -0.15) is 49.1 Å². The minimum Gasteiger partial charge on any atom is -0.199 e. The summed E-state index contributed by atoms with van der Waals surface area (Å²) in [5, 5.41) is 60.7. The van der Waals surface area contributed by atoms with Crippen molar-refractivity contribution in [1.82, 2.24) is 0 Å². The summed E-state index contributed by atoms with van der Waals surface area (Å²) >= 11 is 0.